The maximum absolute atomic E-state index is 6.39. The van der Waals surface area contributed by atoms with Crippen LogP contribution >= 0.6 is 0 Å². The van der Waals surface area contributed by atoms with Gasteiger partial charge in [0, 0.05) is 38.3 Å². The molecule has 1 aromatic heterocycles. The molecule has 0 N–H and O–H groups in total. The van der Waals surface area contributed by atoms with Crippen LogP contribution in [0.2, 0.25) is 0 Å². The summed E-state index contributed by atoms with van der Waals surface area (Å²) in [6.45, 7) is 4.75. The molecule has 11 aromatic rings. The van der Waals surface area contributed by atoms with Gasteiger partial charge in [0.1, 0.15) is 11.2 Å². The second kappa shape index (κ2) is 13.7. The van der Waals surface area contributed by atoms with Gasteiger partial charge in [0.25, 0.3) is 0 Å². The predicted octanol–water partition coefficient (Wildman–Crippen LogP) is 16.7. The second-order valence-electron chi connectivity index (χ2n) is 16.9. The molecule has 1 heterocycles. The van der Waals surface area contributed by atoms with Crippen LogP contribution in [-0.4, -0.2) is 0 Å². The average Bonchev–Trinajstić information content (AvgIpc) is 3.81. The van der Waals surface area contributed by atoms with Gasteiger partial charge in [0.2, 0.25) is 0 Å². The number of anilines is 3. The fraction of sp³-hybridized carbons (Fsp3) is 0.0508. The van der Waals surface area contributed by atoms with E-state index in [1.807, 2.05) is 6.07 Å². The highest BCUT2D eigenvalue weighted by atomic mass is 16.3. The third-order valence-corrected chi connectivity index (χ3v) is 13.1. The third kappa shape index (κ3) is 5.64. The summed E-state index contributed by atoms with van der Waals surface area (Å²) in [7, 11) is 0. The van der Waals surface area contributed by atoms with E-state index in [1.165, 1.54) is 71.8 Å². The minimum absolute atomic E-state index is 0.170. The van der Waals surface area contributed by atoms with E-state index in [9.17, 15) is 0 Å². The molecule has 1 aliphatic rings. The number of hydrogen-bond acceptors (Lipinski definition) is 2. The van der Waals surface area contributed by atoms with Crippen LogP contribution in [0.4, 0.5) is 17.1 Å². The molecular formula is C59H41NO. The molecule has 0 unspecified atom stereocenters. The van der Waals surface area contributed by atoms with E-state index in [0.29, 0.717) is 0 Å². The molecule has 288 valence electrons. The number of benzene rings is 10. The fourth-order valence-corrected chi connectivity index (χ4v) is 9.94. The quantitative estimate of drug-likeness (QED) is 0.167. The van der Waals surface area contributed by atoms with Crippen molar-refractivity contribution in [2.24, 2.45) is 0 Å². The van der Waals surface area contributed by atoms with Crippen LogP contribution in [0.25, 0.3) is 88.0 Å². The van der Waals surface area contributed by atoms with Gasteiger partial charge in [-0.2, -0.15) is 0 Å². The molecule has 0 bridgehead atoms. The molecule has 0 amide bonds. The molecule has 12 rings (SSSR count). The van der Waals surface area contributed by atoms with Crippen LogP contribution in [0.3, 0.4) is 0 Å². The molecule has 10 aromatic carbocycles. The molecule has 0 saturated carbocycles. The van der Waals surface area contributed by atoms with Crippen LogP contribution in [0.5, 0.6) is 0 Å². The Labute approximate surface area is 355 Å². The first-order chi connectivity index (χ1) is 30.0. The van der Waals surface area contributed by atoms with Crippen molar-refractivity contribution in [1.29, 1.82) is 0 Å². The lowest BCUT2D eigenvalue weighted by atomic mass is 9.81. The molecule has 0 aliphatic heterocycles. The minimum atomic E-state index is -0.170. The largest absolute Gasteiger partial charge is 0.455 e. The lowest BCUT2D eigenvalue weighted by molar-refractivity contribution is 0.660. The molecule has 0 radical (unpaired) electrons. The highest BCUT2D eigenvalue weighted by Gasteiger charge is 2.36. The van der Waals surface area contributed by atoms with E-state index < -0.39 is 0 Å². The van der Waals surface area contributed by atoms with Crippen molar-refractivity contribution in [1.82, 2.24) is 0 Å². The van der Waals surface area contributed by atoms with Crippen molar-refractivity contribution < 1.29 is 4.42 Å². The molecule has 1 aliphatic carbocycles. The smallest absolute Gasteiger partial charge is 0.143 e. The summed E-state index contributed by atoms with van der Waals surface area (Å²) in [6, 6.07) is 77.4. The van der Waals surface area contributed by atoms with Gasteiger partial charge in [0.05, 0.1) is 5.69 Å². The van der Waals surface area contributed by atoms with Gasteiger partial charge in [-0.05, 0) is 115 Å². The monoisotopic (exact) mass is 779 g/mol. The van der Waals surface area contributed by atoms with Crippen molar-refractivity contribution in [3.05, 3.63) is 223 Å². The van der Waals surface area contributed by atoms with E-state index in [0.717, 1.165) is 44.4 Å². The lowest BCUT2D eigenvalue weighted by Crippen LogP contribution is -2.16. The Morgan fingerprint density at radius 1 is 0.361 bits per heavy atom. The first kappa shape index (κ1) is 35.3. The molecule has 0 saturated heterocycles. The maximum Gasteiger partial charge on any atom is 0.143 e. The zero-order chi connectivity index (χ0) is 40.7. The summed E-state index contributed by atoms with van der Waals surface area (Å²) in [4.78, 5) is 2.44. The Kier molecular flexibility index (Phi) is 7.92. The molecule has 61 heavy (non-hydrogen) atoms. The van der Waals surface area contributed by atoms with Gasteiger partial charge in [-0.3, -0.25) is 0 Å². The van der Waals surface area contributed by atoms with E-state index in [4.69, 9.17) is 4.42 Å². The summed E-state index contributed by atoms with van der Waals surface area (Å²) in [5.41, 5.74) is 17.7. The van der Waals surface area contributed by atoms with Gasteiger partial charge in [-0.15, -0.1) is 0 Å². The first-order valence-corrected chi connectivity index (χ1v) is 21.2. The summed E-state index contributed by atoms with van der Waals surface area (Å²) in [6.07, 6.45) is 0. The zero-order valence-electron chi connectivity index (χ0n) is 34.1. The molecule has 0 atom stereocenters. The Morgan fingerprint density at radius 3 is 1.70 bits per heavy atom. The Hall–Kier alpha value is -7.68. The highest BCUT2D eigenvalue weighted by Crippen LogP contribution is 2.52. The molecular weight excluding hydrogens is 739 g/mol. The Bertz CT molecular complexity index is 3480. The van der Waals surface area contributed by atoms with Crippen molar-refractivity contribution >= 4 is 60.5 Å². The van der Waals surface area contributed by atoms with Crippen LogP contribution in [-0.2, 0) is 5.41 Å². The van der Waals surface area contributed by atoms with Gasteiger partial charge in [-0.25, -0.2) is 0 Å². The molecule has 0 spiro atoms. The minimum Gasteiger partial charge on any atom is -0.455 e. The van der Waals surface area contributed by atoms with Gasteiger partial charge < -0.3 is 9.32 Å². The number of rotatable bonds is 6. The van der Waals surface area contributed by atoms with E-state index in [-0.39, 0.29) is 5.41 Å². The van der Waals surface area contributed by atoms with Gasteiger partial charge >= 0.3 is 0 Å². The molecule has 2 nitrogen and oxygen atoms in total. The topological polar surface area (TPSA) is 16.4 Å². The van der Waals surface area contributed by atoms with Crippen molar-refractivity contribution in [3.8, 4) is 44.5 Å². The number of hydrogen-bond donors (Lipinski definition) is 0. The van der Waals surface area contributed by atoms with Gasteiger partial charge in [-0.1, -0.05) is 178 Å². The predicted molar refractivity (Wildman–Crippen MR) is 257 cm³/mol. The SMILES string of the molecule is CC1(C)c2cc(-c3ccccc3)ccc2-c2ccc(N(c3ccc(-c4ccc(-c5cc6c7ccccc7oc6c6ccccc56)cc4)cc3)c3cccc4ccccc34)cc21. The van der Waals surface area contributed by atoms with Crippen LogP contribution < -0.4 is 4.90 Å². The third-order valence-electron chi connectivity index (χ3n) is 13.1. The zero-order valence-corrected chi connectivity index (χ0v) is 34.1. The summed E-state index contributed by atoms with van der Waals surface area (Å²) in [5, 5.41) is 7.05. The number of para-hydroxylation sites is 1. The number of fused-ring (bicyclic) bond motifs is 9. The van der Waals surface area contributed by atoms with Crippen LogP contribution in [0.1, 0.15) is 25.0 Å². The second-order valence-corrected chi connectivity index (χ2v) is 16.9. The maximum atomic E-state index is 6.39. The van der Waals surface area contributed by atoms with Crippen LogP contribution in [0.15, 0.2) is 217 Å². The summed E-state index contributed by atoms with van der Waals surface area (Å²) in [5.74, 6) is 0. The average molecular weight is 780 g/mol. The molecule has 0 fully saturated rings. The summed E-state index contributed by atoms with van der Waals surface area (Å²) < 4.78 is 6.39. The standard InChI is InChI=1S/C59H41NO/c1-59(2)54-35-43(38-13-4-3-5-14-38)29-33-48(54)49-34-32-45(36-55(49)59)60(56-21-12-16-41-15-6-7-17-46(41)56)44-30-27-40(28-31-44)39-23-25-42(26-24-39)52-37-53-50-19-10-11-22-57(50)61-58(53)51-20-9-8-18-47(51)52/h3-37H,1-2H3. The van der Waals surface area contributed by atoms with E-state index >= 15 is 0 Å². The van der Waals surface area contributed by atoms with Crippen molar-refractivity contribution in [3.63, 3.8) is 0 Å². The molecule has 2 heteroatoms. The Morgan fingerprint density at radius 2 is 0.918 bits per heavy atom. The number of furan rings is 1. The normalized spacial score (nSPS) is 12.9. The van der Waals surface area contributed by atoms with Crippen LogP contribution in [0, 0.1) is 0 Å². The highest BCUT2D eigenvalue weighted by molar-refractivity contribution is 6.19. The van der Waals surface area contributed by atoms with Crippen molar-refractivity contribution in [2.75, 3.05) is 4.90 Å². The fourth-order valence-electron chi connectivity index (χ4n) is 9.94. The lowest BCUT2D eigenvalue weighted by Gasteiger charge is -2.29. The van der Waals surface area contributed by atoms with Gasteiger partial charge in [0.15, 0.2) is 0 Å². The Balaban J connectivity index is 0.926. The van der Waals surface area contributed by atoms with E-state index in [2.05, 4.69) is 225 Å². The van der Waals surface area contributed by atoms with Crippen molar-refractivity contribution in [2.45, 2.75) is 19.3 Å². The number of nitrogens with zero attached hydrogens (tertiary/aromatic N) is 1. The van der Waals surface area contributed by atoms with E-state index in [1.54, 1.807) is 0 Å². The summed E-state index contributed by atoms with van der Waals surface area (Å²) >= 11 is 0. The first-order valence-electron chi connectivity index (χ1n) is 21.2.